The van der Waals surface area contributed by atoms with Gasteiger partial charge in [0.25, 0.3) is 5.56 Å². The smallest absolute Gasteiger partial charge is 0.269 e. The number of benzene rings is 2. The summed E-state index contributed by atoms with van der Waals surface area (Å²) in [6.07, 6.45) is 2.55. The number of aliphatic hydroxyl groups excluding tert-OH is 1. The second-order valence-electron chi connectivity index (χ2n) is 11.1. The lowest BCUT2D eigenvalue weighted by molar-refractivity contribution is -0.129. The molecule has 0 aliphatic carbocycles. The zero-order valence-electron chi connectivity index (χ0n) is 25.4. The van der Waals surface area contributed by atoms with Crippen LogP contribution in [0.5, 0.6) is 5.75 Å². The molecular weight excluding hydrogens is 626 g/mol. The number of rotatable bonds is 7. The second-order valence-corrected chi connectivity index (χ2v) is 12.0. The van der Waals surface area contributed by atoms with Crippen LogP contribution in [0.2, 0.25) is 0 Å². The first-order valence-electron chi connectivity index (χ1n) is 14.8. The maximum Gasteiger partial charge on any atom is 0.269 e. The van der Waals surface area contributed by atoms with Gasteiger partial charge in [-0.3, -0.25) is 14.3 Å². The van der Waals surface area contributed by atoms with E-state index in [-0.39, 0.29) is 42.0 Å². The molecular formula is C34H28F2N6O4S. The third-order valence-corrected chi connectivity index (χ3v) is 9.37. The third kappa shape index (κ3) is 5.07. The van der Waals surface area contributed by atoms with Crippen LogP contribution >= 0.6 is 11.3 Å². The van der Waals surface area contributed by atoms with Crippen molar-refractivity contribution in [3.8, 4) is 39.5 Å². The van der Waals surface area contributed by atoms with Crippen molar-refractivity contribution >= 4 is 38.4 Å². The average molecular weight is 655 g/mol. The van der Waals surface area contributed by atoms with Crippen molar-refractivity contribution in [2.75, 3.05) is 19.8 Å². The van der Waals surface area contributed by atoms with Crippen LogP contribution in [0.3, 0.4) is 0 Å². The summed E-state index contributed by atoms with van der Waals surface area (Å²) >= 11 is 1.35. The lowest BCUT2D eigenvalue weighted by Gasteiger charge is -2.33. The summed E-state index contributed by atoms with van der Waals surface area (Å²) in [5.74, 6) is -1.99. The number of hydrogen-bond acceptors (Lipinski definition) is 8. The van der Waals surface area contributed by atoms with Crippen LogP contribution in [0.4, 0.5) is 8.78 Å². The summed E-state index contributed by atoms with van der Waals surface area (Å²) in [6, 6.07) is 10.7. The first-order valence-corrected chi connectivity index (χ1v) is 15.7. The van der Waals surface area contributed by atoms with Gasteiger partial charge in [-0.05, 0) is 42.6 Å². The van der Waals surface area contributed by atoms with Crippen molar-refractivity contribution in [3.63, 3.8) is 0 Å². The van der Waals surface area contributed by atoms with E-state index in [1.807, 2.05) is 36.6 Å². The minimum atomic E-state index is -0.865. The van der Waals surface area contributed by atoms with Crippen molar-refractivity contribution in [1.29, 1.82) is 0 Å². The van der Waals surface area contributed by atoms with Crippen molar-refractivity contribution < 1.29 is 23.4 Å². The number of thiophene rings is 1. The molecule has 1 unspecified atom stereocenters. The quantitative estimate of drug-likeness (QED) is 0.227. The monoisotopic (exact) mass is 654 g/mol. The standard InChI is InChI=1S/C34H28F2N6O4S/c1-4-28(44)41-8-9-42-25(18(41)2)16-24(39-42)33-31(30-22(36)14-20(35)15-27(30)46-11-10-43)34-21(7-12-47-34)32(38-33)19-5-6-23-26(13-19)40(3)29(45)17-37-23/h4-7,12-18,43H,1,8-11H2,2-3H3. The highest BCUT2D eigenvalue weighted by Gasteiger charge is 2.31. The Balaban J connectivity index is 1.53. The lowest BCUT2D eigenvalue weighted by atomic mass is 9.96. The fourth-order valence-corrected chi connectivity index (χ4v) is 7.09. The topological polar surface area (TPSA) is 115 Å². The average Bonchev–Trinajstić information content (AvgIpc) is 3.73. The van der Waals surface area contributed by atoms with E-state index in [9.17, 15) is 19.1 Å². The van der Waals surface area contributed by atoms with E-state index in [0.717, 1.165) is 17.8 Å². The van der Waals surface area contributed by atoms with E-state index in [1.165, 1.54) is 28.2 Å². The summed E-state index contributed by atoms with van der Waals surface area (Å²) in [6.45, 7) is 5.82. The van der Waals surface area contributed by atoms with Crippen LogP contribution in [0, 0.1) is 11.6 Å². The van der Waals surface area contributed by atoms with E-state index in [0.29, 0.717) is 62.4 Å². The number of amides is 1. The Morgan fingerprint density at radius 3 is 2.77 bits per heavy atom. The van der Waals surface area contributed by atoms with Gasteiger partial charge in [0.05, 0.1) is 53.4 Å². The number of aliphatic hydroxyl groups is 1. The summed E-state index contributed by atoms with van der Waals surface area (Å²) in [5, 5.41) is 16.9. The molecule has 1 aliphatic rings. The van der Waals surface area contributed by atoms with Gasteiger partial charge in [0, 0.05) is 46.9 Å². The van der Waals surface area contributed by atoms with E-state index in [2.05, 4.69) is 11.6 Å². The number of pyridine rings is 1. The van der Waals surface area contributed by atoms with Crippen LogP contribution in [0.15, 0.2) is 71.5 Å². The lowest BCUT2D eigenvalue weighted by Crippen LogP contribution is -2.40. The highest BCUT2D eigenvalue weighted by molar-refractivity contribution is 7.18. The first-order chi connectivity index (χ1) is 22.7. The van der Waals surface area contributed by atoms with Gasteiger partial charge in [0.1, 0.15) is 35.4 Å². The number of nitrogens with zero attached hydrogens (tertiary/aromatic N) is 6. The highest BCUT2D eigenvalue weighted by atomic mass is 32.1. The van der Waals surface area contributed by atoms with E-state index >= 15 is 4.39 Å². The number of hydrogen-bond donors (Lipinski definition) is 1. The minimum absolute atomic E-state index is 0.0195. The van der Waals surface area contributed by atoms with Gasteiger partial charge in [-0.25, -0.2) is 18.7 Å². The van der Waals surface area contributed by atoms with Gasteiger partial charge in [-0.1, -0.05) is 12.6 Å². The molecule has 0 spiro atoms. The van der Waals surface area contributed by atoms with E-state index < -0.39 is 11.6 Å². The van der Waals surface area contributed by atoms with Crippen molar-refractivity contribution in [1.82, 2.24) is 29.2 Å². The molecule has 0 saturated carbocycles. The van der Waals surface area contributed by atoms with E-state index in [1.54, 1.807) is 22.7 Å². The molecule has 47 heavy (non-hydrogen) atoms. The molecule has 4 aromatic heterocycles. The van der Waals surface area contributed by atoms with Gasteiger partial charge >= 0.3 is 0 Å². The molecule has 5 heterocycles. The number of carbonyl (C=O) groups is 1. The van der Waals surface area contributed by atoms with E-state index in [4.69, 9.17) is 14.8 Å². The van der Waals surface area contributed by atoms with Crippen LogP contribution in [0.1, 0.15) is 18.7 Å². The normalized spacial score (nSPS) is 14.5. The molecule has 0 radical (unpaired) electrons. The van der Waals surface area contributed by atoms with Crippen molar-refractivity contribution in [3.05, 3.63) is 94.4 Å². The van der Waals surface area contributed by atoms with Crippen LogP contribution in [-0.4, -0.2) is 60.0 Å². The number of ether oxygens (including phenoxy) is 1. The SMILES string of the molecule is C=CC(=O)N1CCn2nc(-c3nc(-c4ccc5ncc(=O)n(C)c5c4)c4ccsc4c3-c3c(F)cc(F)cc3OCCO)cc2C1C. The van der Waals surface area contributed by atoms with Gasteiger partial charge < -0.3 is 19.3 Å². The summed E-state index contributed by atoms with van der Waals surface area (Å²) in [4.78, 5) is 36.1. The summed E-state index contributed by atoms with van der Waals surface area (Å²) < 4.78 is 40.2. The zero-order valence-corrected chi connectivity index (χ0v) is 26.2. The Hall–Kier alpha value is -5.27. The molecule has 2 aromatic carbocycles. The fraction of sp³-hybridized carbons (Fsp3) is 0.206. The second kappa shape index (κ2) is 11.8. The van der Waals surface area contributed by atoms with Crippen LogP contribution in [-0.2, 0) is 18.4 Å². The molecule has 1 N–H and O–H groups in total. The Morgan fingerprint density at radius 2 is 1.98 bits per heavy atom. The minimum Gasteiger partial charge on any atom is -0.490 e. The molecule has 0 bridgehead atoms. The number of aryl methyl sites for hydroxylation is 1. The number of carbonyl (C=O) groups excluding carboxylic acids is 1. The Bertz CT molecular complexity index is 2290. The predicted octanol–water partition coefficient (Wildman–Crippen LogP) is 5.48. The first kappa shape index (κ1) is 30.4. The molecule has 10 nitrogen and oxygen atoms in total. The Morgan fingerprint density at radius 1 is 1.15 bits per heavy atom. The summed E-state index contributed by atoms with van der Waals surface area (Å²) in [5.41, 5.74) is 4.02. The van der Waals surface area contributed by atoms with Gasteiger partial charge in [0.2, 0.25) is 5.91 Å². The van der Waals surface area contributed by atoms with Crippen molar-refractivity contribution in [2.45, 2.75) is 19.5 Å². The molecule has 1 atom stereocenters. The van der Waals surface area contributed by atoms with Crippen LogP contribution in [0.25, 0.3) is 54.9 Å². The molecule has 1 aliphatic heterocycles. The third-order valence-electron chi connectivity index (χ3n) is 8.44. The maximum atomic E-state index is 16.0. The predicted molar refractivity (Wildman–Crippen MR) is 175 cm³/mol. The highest BCUT2D eigenvalue weighted by Crippen LogP contribution is 2.47. The van der Waals surface area contributed by atoms with Gasteiger partial charge in [-0.2, -0.15) is 5.10 Å². The van der Waals surface area contributed by atoms with Crippen molar-refractivity contribution in [2.24, 2.45) is 7.05 Å². The molecule has 0 saturated heterocycles. The molecule has 238 valence electrons. The van der Waals surface area contributed by atoms with Gasteiger partial charge in [-0.15, -0.1) is 11.3 Å². The Kier molecular flexibility index (Phi) is 7.65. The number of halogens is 2. The molecule has 7 rings (SSSR count). The molecule has 0 fully saturated rings. The Labute approximate surface area is 270 Å². The summed E-state index contributed by atoms with van der Waals surface area (Å²) in [7, 11) is 1.67. The number of aromatic nitrogens is 5. The van der Waals surface area contributed by atoms with Gasteiger partial charge in [0.15, 0.2) is 0 Å². The van der Waals surface area contributed by atoms with Crippen LogP contribution < -0.4 is 10.3 Å². The fourth-order valence-electron chi connectivity index (χ4n) is 6.14. The number of fused-ring (bicyclic) bond motifs is 3. The molecule has 13 heteroatoms. The zero-order chi connectivity index (χ0) is 33.0. The maximum absolute atomic E-state index is 16.0. The molecule has 1 amide bonds. The molecule has 6 aromatic rings. The largest absolute Gasteiger partial charge is 0.490 e.